The fourth-order valence-corrected chi connectivity index (χ4v) is 2.20. The van der Waals surface area contributed by atoms with Gasteiger partial charge in [-0.1, -0.05) is 6.07 Å². The number of rotatable bonds is 3. The summed E-state index contributed by atoms with van der Waals surface area (Å²) in [6, 6.07) is 13.2. The van der Waals surface area contributed by atoms with Gasteiger partial charge in [0.15, 0.2) is 5.11 Å². The first-order valence-corrected chi connectivity index (χ1v) is 7.38. The Morgan fingerprint density at radius 1 is 0.909 bits per heavy atom. The van der Waals surface area contributed by atoms with Gasteiger partial charge in [-0.3, -0.25) is 4.79 Å². The summed E-state index contributed by atoms with van der Waals surface area (Å²) in [5.41, 5.74) is 4.84. The molecule has 0 spiro atoms. The Morgan fingerprint density at radius 3 is 2.09 bits per heavy atom. The van der Waals surface area contributed by atoms with Crippen molar-refractivity contribution in [2.75, 3.05) is 17.7 Å². The van der Waals surface area contributed by atoms with Gasteiger partial charge in [-0.25, -0.2) is 0 Å². The number of benzene rings is 2. The molecule has 0 heterocycles. The Kier molecular flexibility index (Phi) is 5.12. The molecule has 0 atom stereocenters. The Bertz CT molecular complexity index is 696. The molecular weight excluding hydrogens is 294 g/mol. The normalized spacial score (nSPS) is 9.95. The van der Waals surface area contributed by atoms with Crippen molar-refractivity contribution < 1.29 is 4.79 Å². The van der Waals surface area contributed by atoms with E-state index in [9.17, 15) is 4.79 Å². The molecular formula is C17H19N3OS. The van der Waals surface area contributed by atoms with Crippen LogP contribution >= 0.6 is 12.2 Å². The molecule has 1 amide bonds. The van der Waals surface area contributed by atoms with Crippen LogP contribution in [0.1, 0.15) is 21.5 Å². The number of anilines is 2. The standard InChI is InChI=1S/C17H19N3OS/c1-11-4-7-15(10-12(11)2)20-17(22)19-14-8-5-13(6-9-14)16(21)18-3/h4-10H,1-3H3,(H,18,21)(H2,19,20,22). The minimum absolute atomic E-state index is 0.109. The van der Waals surface area contributed by atoms with Gasteiger partial charge in [0, 0.05) is 24.0 Å². The fraction of sp³-hybridized carbons (Fsp3) is 0.176. The number of nitrogens with one attached hydrogen (secondary N) is 3. The molecule has 22 heavy (non-hydrogen) atoms. The Morgan fingerprint density at radius 2 is 1.50 bits per heavy atom. The molecule has 5 heteroatoms. The molecule has 0 unspecified atom stereocenters. The Balaban J connectivity index is 1.99. The van der Waals surface area contributed by atoms with E-state index >= 15 is 0 Å². The van der Waals surface area contributed by atoms with Crippen LogP contribution in [-0.4, -0.2) is 18.1 Å². The van der Waals surface area contributed by atoms with E-state index in [4.69, 9.17) is 12.2 Å². The number of amides is 1. The molecule has 0 saturated heterocycles. The highest BCUT2D eigenvalue weighted by atomic mass is 32.1. The predicted octanol–water partition coefficient (Wildman–Crippen LogP) is 3.47. The molecule has 0 fully saturated rings. The summed E-state index contributed by atoms with van der Waals surface area (Å²) in [4.78, 5) is 11.5. The maximum Gasteiger partial charge on any atom is 0.251 e. The van der Waals surface area contributed by atoms with E-state index in [0.717, 1.165) is 11.4 Å². The van der Waals surface area contributed by atoms with E-state index in [-0.39, 0.29) is 5.91 Å². The van der Waals surface area contributed by atoms with Crippen LogP contribution < -0.4 is 16.0 Å². The van der Waals surface area contributed by atoms with Crippen molar-refractivity contribution in [3.63, 3.8) is 0 Å². The van der Waals surface area contributed by atoms with Crippen LogP contribution in [0.25, 0.3) is 0 Å². The number of aryl methyl sites for hydroxylation is 2. The third-order valence-corrected chi connectivity index (χ3v) is 3.60. The van der Waals surface area contributed by atoms with Crippen LogP contribution in [0.15, 0.2) is 42.5 Å². The lowest BCUT2D eigenvalue weighted by atomic mass is 10.1. The first-order valence-electron chi connectivity index (χ1n) is 6.97. The fourth-order valence-electron chi connectivity index (χ4n) is 1.96. The van der Waals surface area contributed by atoms with Crippen molar-refractivity contribution in [3.05, 3.63) is 59.2 Å². The van der Waals surface area contributed by atoms with Crippen molar-refractivity contribution in [3.8, 4) is 0 Å². The third-order valence-electron chi connectivity index (χ3n) is 3.40. The average molecular weight is 313 g/mol. The molecule has 0 bridgehead atoms. The van der Waals surface area contributed by atoms with Gasteiger partial charge in [0.1, 0.15) is 0 Å². The lowest BCUT2D eigenvalue weighted by Gasteiger charge is -2.12. The van der Waals surface area contributed by atoms with Crippen LogP contribution in [0.4, 0.5) is 11.4 Å². The van der Waals surface area contributed by atoms with E-state index in [1.54, 1.807) is 19.2 Å². The minimum atomic E-state index is -0.109. The van der Waals surface area contributed by atoms with Gasteiger partial charge in [-0.2, -0.15) is 0 Å². The van der Waals surface area contributed by atoms with Gasteiger partial charge >= 0.3 is 0 Å². The lowest BCUT2D eigenvalue weighted by Crippen LogP contribution is -2.20. The summed E-state index contributed by atoms with van der Waals surface area (Å²) in [6.07, 6.45) is 0. The van der Waals surface area contributed by atoms with E-state index in [2.05, 4.69) is 41.9 Å². The van der Waals surface area contributed by atoms with Crippen LogP contribution in [-0.2, 0) is 0 Å². The Hall–Kier alpha value is -2.40. The molecule has 0 saturated carbocycles. The zero-order chi connectivity index (χ0) is 16.1. The van der Waals surface area contributed by atoms with Crippen molar-refractivity contribution in [2.24, 2.45) is 0 Å². The molecule has 2 rings (SSSR count). The Labute approximate surface area is 135 Å². The van der Waals surface area contributed by atoms with E-state index < -0.39 is 0 Å². The molecule has 0 aliphatic rings. The minimum Gasteiger partial charge on any atom is -0.355 e. The SMILES string of the molecule is CNC(=O)c1ccc(NC(=S)Nc2ccc(C)c(C)c2)cc1. The van der Waals surface area contributed by atoms with E-state index in [1.165, 1.54) is 11.1 Å². The van der Waals surface area contributed by atoms with Gasteiger partial charge in [-0.15, -0.1) is 0 Å². The third kappa shape index (κ3) is 4.05. The molecule has 0 aromatic heterocycles. The zero-order valence-electron chi connectivity index (χ0n) is 12.9. The van der Waals surface area contributed by atoms with Gasteiger partial charge in [0.05, 0.1) is 0 Å². The molecule has 0 radical (unpaired) electrons. The number of hydrogen-bond donors (Lipinski definition) is 3. The summed E-state index contributed by atoms with van der Waals surface area (Å²) in [6.45, 7) is 4.14. The topological polar surface area (TPSA) is 53.2 Å². The second-order valence-electron chi connectivity index (χ2n) is 5.03. The van der Waals surface area contributed by atoms with Crippen molar-refractivity contribution in [2.45, 2.75) is 13.8 Å². The van der Waals surface area contributed by atoms with Crippen LogP contribution in [0.3, 0.4) is 0 Å². The molecule has 0 aliphatic heterocycles. The largest absolute Gasteiger partial charge is 0.355 e. The van der Waals surface area contributed by atoms with Gasteiger partial charge < -0.3 is 16.0 Å². The molecule has 0 aliphatic carbocycles. The van der Waals surface area contributed by atoms with Crippen LogP contribution in [0.2, 0.25) is 0 Å². The second kappa shape index (κ2) is 7.04. The molecule has 4 nitrogen and oxygen atoms in total. The zero-order valence-corrected chi connectivity index (χ0v) is 13.7. The van der Waals surface area contributed by atoms with Crippen LogP contribution in [0, 0.1) is 13.8 Å². The van der Waals surface area contributed by atoms with Crippen LogP contribution in [0.5, 0.6) is 0 Å². The molecule has 2 aromatic rings. The lowest BCUT2D eigenvalue weighted by molar-refractivity contribution is 0.0963. The maximum atomic E-state index is 11.5. The summed E-state index contributed by atoms with van der Waals surface area (Å²) in [5, 5.41) is 9.34. The molecule has 2 aromatic carbocycles. The van der Waals surface area contributed by atoms with E-state index in [1.807, 2.05) is 18.2 Å². The summed E-state index contributed by atoms with van der Waals surface area (Å²) in [7, 11) is 1.61. The molecule has 3 N–H and O–H groups in total. The van der Waals surface area contributed by atoms with Gasteiger partial charge in [0.2, 0.25) is 0 Å². The summed E-state index contributed by atoms with van der Waals surface area (Å²) in [5.74, 6) is -0.109. The number of thiocarbonyl (C=S) groups is 1. The smallest absolute Gasteiger partial charge is 0.251 e. The number of carbonyl (C=O) groups is 1. The number of hydrogen-bond acceptors (Lipinski definition) is 2. The summed E-state index contributed by atoms with van der Waals surface area (Å²) >= 11 is 5.30. The van der Waals surface area contributed by atoms with Gasteiger partial charge in [0.25, 0.3) is 5.91 Å². The number of carbonyl (C=O) groups excluding carboxylic acids is 1. The monoisotopic (exact) mass is 313 g/mol. The highest BCUT2D eigenvalue weighted by Gasteiger charge is 2.04. The van der Waals surface area contributed by atoms with Crippen molar-refractivity contribution in [1.82, 2.24) is 5.32 Å². The molecule has 114 valence electrons. The van der Waals surface area contributed by atoms with Crippen molar-refractivity contribution >= 4 is 34.6 Å². The van der Waals surface area contributed by atoms with Gasteiger partial charge in [-0.05, 0) is 73.6 Å². The highest BCUT2D eigenvalue weighted by Crippen LogP contribution is 2.15. The van der Waals surface area contributed by atoms with E-state index in [0.29, 0.717) is 10.7 Å². The maximum absolute atomic E-state index is 11.5. The first-order chi connectivity index (χ1) is 10.5. The van der Waals surface area contributed by atoms with Crippen molar-refractivity contribution in [1.29, 1.82) is 0 Å². The summed E-state index contributed by atoms with van der Waals surface area (Å²) < 4.78 is 0. The second-order valence-corrected chi connectivity index (χ2v) is 5.44. The first kappa shape index (κ1) is 16.0. The average Bonchev–Trinajstić information content (AvgIpc) is 2.51. The highest BCUT2D eigenvalue weighted by molar-refractivity contribution is 7.80. The predicted molar refractivity (Wildman–Crippen MR) is 95.6 cm³/mol. The quantitative estimate of drug-likeness (QED) is 0.760.